The SMILES string of the molecule is COc1cnc(N)c2[nH]cc(C(=O)C(=O)N3CCc4c(cccc4-c4ccccn4)C3)c12. The number of ether oxygens (including phenoxy) is 1. The third-order valence-corrected chi connectivity index (χ3v) is 5.86. The Hall–Kier alpha value is -4.20. The summed E-state index contributed by atoms with van der Waals surface area (Å²) in [7, 11) is 1.48. The lowest BCUT2D eigenvalue weighted by Gasteiger charge is -2.29. The predicted octanol–water partition coefficient (Wildman–Crippen LogP) is 2.98. The number of amides is 1. The number of rotatable bonds is 4. The van der Waals surface area contributed by atoms with Gasteiger partial charge >= 0.3 is 0 Å². The molecule has 32 heavy (non-hydrogen) atoms. The van der Waals surface area contributed by atoms with E-state index in [9.17, 15) is 9.59 Å². The van der Waals surface area contributed by atoms with Crippen LogP contribution in [0.5, 0.6) is 5.75 Å². The maximum atomic E-state index is 13.2. The van der Waals surface area contributed by atoms with Crippen molar-refractivity contribution in [3.05, 3.63) is 71.7 Å². The first-order valence-electron chi connectivity index (χ1n) is 10.2. The number of benzene rings is 1. The minimum atomic E-state index is -0.607. The van der Waals surface area contributed by atoms with Crippen molar-refractivity contribution in [2.24, 2.45) is 0 Å². The standard InChI is InChI=1S/C24H21N5O3/c1-32-19-12-28-23(25)21-20(19)17(11-27-21)22(30)24(31)29-10-8-15-14(13-29)5-4-6-16(15)18-7-2-3-9-26-18/h2-7,9,11-12,27H,8,10,13H2,1H3,(H2,25,28). The lowest BCUT2D eigenvalue weighted by Crippen LogP contribution is -2.40. The highest BCUT2D eigenvalue weighted by Gasteiger charge is 2.30. The van der Waals surface area contributed by atoms with Crippen molar-refractivity contribution in [3.63, 3.8) is 0 Å². The van der Waals surface area contributed by atoms with E-state index in [0.29, 0.717) is 36.2 Å². The quantitative estimate of drug-likeness (QED) is 0.382. The van der Waals surface area contributed by atoms with Crippen LogP contribution in [0.4, 0.5) is 5.82 Å². The molecule has 8 heteroatoms. The highest BCUT2D eigenvalue weighted by Crippen LogP contribution is 2.33. The van der Waals surface area contributed by atoms with Crippen LogP contribution in [0, 0.1) is 0 Å². The largest absolute Gasteiger partial charge is 0.494 e. The van der Waals surface area contributed by atoms with Crippen molar-refractivity contribution in [2.75, 3.05) is 19.4 Å². The fraction of sp³-hybridized carbons (Fsp3) is 0.167. The van der Waals surface area contributed by atoms with Crippen LogP contribution in [0.3, 0.4) is 0 Å². The number of Topliss-reactive ketones (excluding diaryl/α,β-unsaturated/α-hetero) is 1. The number of aromatic nitrogens is 3. The maximum Gasteiger partial charge on any atom is 0.295 e. The number of carbonyl (C=O) groups is 2. The number of pyridine rings is 2. The van der Waals surface area contributed by atoms with E-state index >= 15 is 0 Å². The number of nitrogens with zero attached hydrogens (tertiary/aromatic N) is 3. The van der Waals surface area contributed by atoms with Crippen LogP contribution in [-0.4, -0.2) is 45.2 Å². The Morgan fingerprint density at radius 3 is 2.81 bits per heavy atom. The highest BCUT2D eigenvalue weighted by atomic mass is 16.5. The summed E-state index contributed by atoms with van der Waals surface area (Å²) in [4.78, 5) is 39.4. The van der Waals surface area contributed by atoms with Gasteiger partial charge < -0.3 is 20.4 Å². The first-order chi connectivity index (χ1) is 15.6. The Balaban J connectivity index is 1.45. The van der Waals surface area contributed by atoms with Crippen LogP contribution in [0.2, 0.25) is 0 Å². The summed E-state index contributed by atoms with van der Waals surface area (Å²) >= 11 is 0. The Morgan fingerprint density at radius 2 is 2.03 bits per heavy atom. The van der Waals surface area contributed by atoms with Gasteiger partial charge in [-0.1, -0.05) is 24.3 Å². The normalized spacial score (nSPS) is 13.1. The number of nitrogens with one attached hydrogen (secondary N) is 1. The van der Waals surface area contributed by atoms with Crippen LogP contribution < -0.4 is 10.5 Å². The van der Waals surface area contributed by atoms with E-state index in [1.807, 2.05) is 36.4 Å². The summed E-state index contributed by atoms with van der Waals surface area (Å²) in [5, 5.41) is 0.466. The van der Waals surface area contributed by atoms with Crippen molar-refractivity contribution in [1.29, 1.82) is 0 Å². The topological polar surface area (TPSA) is 114 Å². The molecule has 0 saturated heterocycles. The highest BCUT2D eigenvalue weighted by molar-refractivity contribution is 6.45. The molecular formula is C24H21N5O3. The van der Waals surface area contributed by atoms with Gasteiger partial charge in [-0.2, -0.15) is 0 Å². The number of H-pyrrole nitrogens is 1. The molecule has 0 bridgehead atoms. The van der Waals surface area contributed by atoms with Crippen LogP contribution in [-0.2, 0) is 17.8 Å². The molecule has 0 unspecified atom stereocenters. The van der Waals surface area contributed by atoms with E-state index in [1.54, 1.807) is 11.1 Å². The van der Waals surface area contributed by atoms with E-state index in [-0.39, 0.29) is 11.4 Å². The van der Waals surface area contributed by atoms with E-state index in [2.05, 4.69) is 15.0 Å². The summed E-state index contributed by atoms with van der Waals surface area (Å²) in [6.45, 7) is 0.814. The number of hydrogen-bond donors (Lipinski definition) is 2. The van der Waals surface area contributed by atoms with E-state index in [4.69, 9.17) is 10.5 Å². The van der Waals surface area contributed by atoms with Crippen molar-refractivity contribution < 1.29 is 14.3 Å². The zero-order valence-corrected chi connectivity index (χ0v) is 17.5. The molecule has 4 heterocycles. The van der Waals surface area contributed by atoms with Crippen molar-refractivity contribution in [1.82, 2.24) is 19.9 Å². The molecule has 8 nitrogen and oxygen atoms in total. The fourth-order valence-electron chi connectivity index (χ4n) is 4.28. The van der Waals surface area contributed by atoms with Crippen molar-refractivity contribution in [2.45, 2.75) is 13.0 Å². The number of anilines is 1. The van der Waals surface area contributed by atoms with Gasteiger partial charge in [-0.15, -0.1) is 0 Å². The third kappa shape index (κ3) is 3.17. The van der Waals surface area contributed by atoms with Gasteiger partial charge in [-0.3, -0.25) is 14.6 Å². The first-order valence-corrected chi connectivity index (χ1v) is 10.2. The zero-order chi connectivity index (χ0) is 22.2. The molecule has 0 saturated carbocycles. The van der Waals surface area contributed by atoms with Gasteiger partial charge in [0.2, 0.25) is 0 Å². The molecule has 160 valence electrons. The second kappa shape index (κ2) is 7.81. The minimum Gasteiger partial charge on any atom is -0.494 e. The average molecular weight is 427 g/mol. The van der Waals surface area contributed by atoms with Gasteiger partial charge in [0.15, 0.2) is 0 Å². The lowest BCUT2D eigenvalue weighted by molar-refractivity contribution is -0.127. The molecule has 0 fully saturated rings. The lowest BCUT2D eigenvalue weighted by atomic mass is 9.92. The van der Waals surface area contributed by atoms with Gasteiger partial charge in [0.1, 0.15) is 11.6 Å². The Bertz CT molecular complexity index is 1350. The summed E-state index contributed by atoms with van der Waals surface area (Å²) in [6.07, 6.45) is 5.35. The summed E-state index contributed by atoms with van der Waals surface area (Å²) in [5.74, 6) is -0.543. The number of ketones is 1. The molecule has 1 amide bonds. The Labute approximate surface area is 184 Å². The number of methoxy groups -OCH3 is 1. The number of aromatic amines is 1. The van der Waals surface area contributed by atoms with E-state index in [1.165, 1.54) is 19.5 Å². The van der Waals surface area contributed by atoms with Gasteiger partial charge in [-0.05, 0) is 29.7 Å². The molecule has 1 aromatic carbocycles. The van der Waals surface area contributed by atoms with Crippen LogP contribution >= 0.6 is 0 Å². The van der Waals surface area contributed by atoms with Crippen molar-refractivity contribution in [3.8, 4) is 17.0 Å². The fourth-order valence-corrected chi connectivity index (χ4v) is 4.28. The monoisotopic (exact) mass is 427 g/mol. The van der Waals surface area contributed by atoms with Crippen LogP contribution in [0.15, 0.2) is 55.0 Å². The average Bonchev–Trinajstić information content (AvgIpc) is 3.29. The van der Waals surface area contributed by atoms with Crippen LogP contribution in [0.1, 0.15) is 21.5 Å². The van der Waals surface area contributed by atoms with Crippen LogP contribution in [0.25, 0.3) is 22.2 Å². The van der Waals surface area contributed by atoms with Gasteiger partial charge in [-0.25, -0.2) is 4.98 Å². The molecule has 3 N–H and O–H groups in total. The molecule has 4 aromatic rings. The number of nitrogen functional groups attached to an aromatic ring is 1. The Morgan fingerprint density at radius 1 is 1.16 bits per heavy atom. The zero-order valence-electron chi connectivity index (χ0n) is 17.5. The summed E-state index contributed by atoms with van der Waals surface area (Å²) in [6, 6.07) is 11.8. The molecule has 0 atom stereocenters. The molecule has 0 aliphatic carbocycles. The van der Waals surface area contributed by atoms with Gasteiger partial charge in [0, 0.05) is 31.0 Å². The molecule has 5 rings (SSSR count). The maximum absolute atomic E-state index is 13.2. The minimum absolute atomic E-state index is 0.226. The summed E-state index contributed by atoms with van der Waals surface area (Å²) in [5.41, 5.74) is 10.8. The molecule has 1 aliphatic heterocycles. The first kappa shape index (κ1) is 19.7. The number of hydrogen-bond acceptors (Lipinski definition) is 6. The molecule has 3 aromatic heterocycles. The number of fused-ring (bicyclic) bond motifs is 2. The molecule has 1 aliphatic rings. The van der Waals surface area contributed by atoms with E-state index in [0.717, 1.165) is 22.4 Å². The van der Waals surface area contributed by atoms with Gasteiger partial charge in [0.05, 0.1) is 35.5 Å². The Kier molecular flexibility index (Phi) is 4.82. The second-order valence-corrected chi connectivity index (χ2v) is 7.63. The third-order valence-electron chi connectivity index (χ3n) is 5.86. The second-order valence-electron chi connectivity index (χ2n) is 7.63. The smallest absolute Gasteiger partial charge is 0.295 e. The molecular weight excluding hydrogens is 406 g/mol. The summed E-state index contributed by atoms with van der Waals surface area (Å²) < 4.78 is 5.34. The predicted molar refractivity (Wildman–Crippen MR) is 120 cm³/mol. The molecule has 0 radical (unpaired) electrons. The number of carbonyl (C=O) groups excluding carboxylic acids is 2. The van der Waals surface area contributed by atoms with E-state index < -0.39 is 11.7 Å². The number of nitrogens with two attached hydrogens (primary N) is 1. The molecule has 0 spiro atoms. The van der Waals surface area contributed by atoms with Crippen molar-refractivity contribution >= 4 is 28.4 Å². The van der Waals surface area contributed by atoms with Gasteiger partial charge in [0.25, 0.3) is 11.7 Å².